The van der Waals surface area contributed by atoms with Gasteiger partial charge in [-0.1, -0.05) is 23.9 Å². The summed E-state index contributed by atoms with van der Waals surface area (Å²) in [5.41, 5.74) is 1.23. The maximum atomic E-state index is 12.6. The molecule has 0 spiro atoms. The van der Waals surface area contributed by atoms with Gasteiger partial charge in [-0.05, 0) is 24.3 Å². The van der Waals surface area contributed by atoms with Crippen molar-refractivity contribution in [3.05, 3.63) is 58.7 Å². The smallest absolute Gasteiger partial charge is 0.270 e. The molecule has 1 saturated heterocycles. The van der Waals surface area contributed by atoms with E-state index in [2.05, 4.69) is 25.4 Å². The standard InChI is InChI=1S/C24H26N6O4S2/c1-32-19-6-3-2-5-18(19)30-22(20-7-4-12-34-20)27-28-24(30)36-16-21-26-17(15-35-21)23(31)25-8-9-29-10-13-33-14-11-29/h2-7,12,15H,8-11,13-14,16H2,1H3,(H,25,31). The van der Waals surface area contributed by atoms with Crippen LogP contribution in [-0.4, -0.2) is 77.1 Å². The molecule has 0 bridgehead atoms. The van der Waals surface area contributed by atoms with E-state index in [1.165, 1.54) is 23.1 Å². The van der Waals surface area contributed by atoms with E-state index in [1.54, 1.807) is 18.8 Å². The average molecular weight is 527 g/mol. The Morgan fingerprint density at radius 3 is 2.86 bits per heavy atom. The number of benzene rings is 1. The highest BCUT2D eigenvalue weighted by Gasteiger charge is 2.21. The van der Waals surface area contributed by atoms with Gasteiger partial charge in [-0.2, -0.15) is 0 Å². The molecule has 12 heteroatoms. The van der Waals surface area contributed by atoms with Gasteiger partial charge in [0.05, 0.1) is 38.0 Å². The maximum Gasteiger partial charge on any atom is 0.270 e. The number of hydrogen-bond donors (Lipinski definition) is 1. The molecule has 0 atom stereocenters. The highest BCUT2D eigenvalue weighted by molar-refractivity contribution is 7.98. The zero-order valence-electron chi connectivity index (χ0n) is 19.8. The number of nitrogens with zero attached hydrogens (tertiary/aromatic N) is 5. The van der Waals surface area contributed by atoms with Crippen LogP contribution in [0.25, 0.3) is 17.3 Å². The summed E-state index contributed by atoms with van der Waals surface area (Å²) in [6, 6.07) is 11.3. The number of furan rings is 1. The van der Waals surface area contributed by atoms with Crippen LogP contribution in [-0.2, 0) is 10.5 Å². The molecule has 0 radical (unpaired) electrons. The number of amides is 1. The van der Waals surface area contributed by atoms with Crippen LogP contribution in [0.15, 0.2) is 57.6 Å². The molecule has 0 aliphatic carbocycles. The second-order valence-corrected chi connectivity index (χ2v) is 9.80. The number of ether oxygens (including phenoxy) is 2. The van der Waals surface area contributed by atoms with Crippen LogP contribution in [0.5, 0.6) is 5.75 Å². The zero-order chi connectivity index (χ0) is 24.7. The highest BCUT2D eigenvalue weighted by atomic mass is 32.2. The Hall–Kier alpha value is -3.19. The molecule has 3 aromatic heterocycles. The van der Waals surface area contributed by atoms with Crippen molar-refractivity contribution in [2.75, 3.05) is 46.5 Å². The van der Waals surface area contributed by atoms with Crippen molar-refractivity contribution in [1.82, 2.24) is 30.0 Å². The number of morpholine rings is 1. The second kappa shape index (κ2) is 11.7. The number of para-hydroxylation sites is 2. The van der Waals surface area contributed by atoms with E-state index in [1.807, 2.05) is 41.0 Å². The van der Waals surface area contributed by atoms with E-state index in [9.17, 15) is 4.79 Å². The number of hydrogen-bond acceptors (Lipinski definition) is 10. The fraction of sp³-hybridized carbons (Fsp3) is 0.333. The van der Waals surface area contributed by atoms with Gasteiger partial charge in [0.2, 0.25) is 5.82 Å². The number of nitrogens with one attached hydrogen (secondary N) is 1. The summed E-state index contributed by atoms with van der Waals surface area (Å²) >= 11 is 2.94. The molecule has 0 unspecified atom stereocenters. The molecule has 36 heavy (non-hydrogen) atoms. The SMILES string of the molecule is COc1ccccc1-n1c(SCc2nc(C(=O)NCCN3CCOCC3)cs2)nnc1-c1ccco1. The summed E-state index contributed by atoms with van der Waals surface area (Å²) in [5, 5.41) is 15.0. The van der Waals surface area contributed by atoms with E-state index in [4.69, 9.17) is 13.9 Å². The third-order valence-electron chi connectivity index (χ3n) is 5.63. The summed E-state index contributed by atoms with van der Waals surface area (Å²) in [7, 11) is 1.63. The van der Waals surface area contributed by atoms with Crippen LogP contribution in [0, 0.1) is 0 Å². The number of methoxy groups -OCH3 is 1. The number of aromatic nitrogens is 4. The predicted octanol–water partition coefficient (Wildman–Crippen LogP) is 3.35. The van der Waals surface area contributed by atoms with Gasteiger partial charge in [0.15, 0.2) is 10.9 Å². The predicted molar refractivity (Wildman–Crippen MR) is 137 cm³/mol. The summed E-state index contributed by atoms with van der Waals surface area (Å²) in [4.78, 5) is 19.4. The summed E-state index contributed by atoms with van der Waals surface area (Å²) in [5.74, 6) is 2.25. The summed E-state index contributed by atoms with van der Waals surface area (Å²) < 4.78 is 18.4. The van der Waals surface area contributed by atoms with Crippen LogP contribution in [0.3, 0.4) is 0 Å². The third kappa shape index (κ3) is 5.62. The summed E-state index contributed by atoms with van der Waals surface area (Å²) in [6.45, 7) is 4.67. The van der Waals surface area contributed by atoms with E-state index in [0.717, 1.165) is 43.5 Å². The van der Waals surface area contributed by atoms with Crippen LogP contribution in [0.1, 0.15) is 15.5 Å². The Bertz CT molecular complexity index is 1280. The van der Waals surface area contributed by atoms with Gasteiger partial charge in [0.25, 0.3) is 5.91 Å². The number of thioether (sulfide) groups is 1. The van der Waals surface area contributed by atoms with Gasteiger partial charge < -0.3 is 19.2 Å². The molecule has 1 aliphatic heterocycles. The fourth-order valence-corrected chi connectivity index (χ4v) is 5.55. The lowest BCUT2D eigenvalue weighted by molar-refractivity contribution is 0.0383. The maximum absolute atomic E-state index is 12.6. The quantitative estimate of drug-likeness (QED) is 0.311. The first-order valence-electron chi connectivity index (χ1n) is 11.5. The minimum Gasteiger partial charge on any atom is -0.495 e. The lowest BCUT2D eigenvalue weighted by Gasteiger charge is -2.26. The topological polar surface area (TPSA) is 108 Å². The molecule has 188 valence electrons. The molecule has 1 aliphatic rings. The largest absolute Gasteiger partial charge is 0.495 e. The van der Waals surface area contributed by atoms with Crippen molar-refractivity contribution in [2.24, 2.45) is 0 Å². The highest BCUT2D eigenvalue weighted by Crippen LogP contribution is 2.34. The molecule has 1 amide bonds. The van der Waals surface area contributed by atoms with Gasteiger partial charge in [-0.25, -0.2) is 4.98 Å². The Balaban J connectivity index is 1.26. The number of rotatable bonds is 10. The zero-order valence-corrected chi connectivity index (χ0v) is 21.4. The molecule has 1 aromatic carbocycles. The van der Waals surface area contributed by atoms with Crippen LogP contribution in [0.2, 0.25) is 0 Å². The second-order valence-electron chi connectivity index (χ2n) is 7.92. The monoisotopic (exact) mass is 526 g/mol. The molecule has 0 saturated carbocycles. The van der Waals surface area contributed by atoms with Gasteiger partial charge in [0.1, 0.15) is 16.5 Å². The van der Waals surface area contributed by atoms with Crippen molar-refractivity contribution in [1.29, 1.82) is 0 Å². The molecule has 10 nitrogen and oxygen atoms in total. The van der Waals surface area contributed by atoms with Crippen molar-refractivity contribution >= 4 is 29.0 Å². The van der Waals surface area contributed by atoms with Crippen molar-refractivity contribution in [2.45, 2.75) is 10.9 Å². The van der Waals surface area contributed by atoms with Crippen LogP contribution < -0.4 is 10.1 Å². The van der Waals surface area contributed by atoms with Gasteiger partial charge in [0, 0.05) is 31.6 Å². The molecular weight excluding hydrogens is 500 g/mol. The van der Waals surface area contributed by atoms with E-state index in [-0.39, 0.29) is 5.91 Å². The number of thiazole rings is 1. The Morgan fingerprint density at radius 2 is 2.06 bits per heavy atom. The summed E-state index contributed by atoms with van der Waals surface area (Å²) in [6.07, 6.45) is 1.60. The van der Waals surface area contributed by atoms with Crippen molar-refractivity contribution < 1.29 is 18.7 Å². The Morgan fingerprint density at radius 1 is 1.19 bits per heavy atom. The van der Waals surface area contributed by atoms with Crippen LogP contribution >= 0.6 is 23.1 Å². The molecular formula is C24H26N6O4S2. The van der Waals surface area contributed by atoms with Gasteiger partial charge >= 0.3 is 0 Å². The fourth-order valence-electron chi connectivity index (χ4n) is 3.81. The minimum absolute atomic E-state index is 0.159. The normalized spacial score (nSPS) is 14.1. The molecule has 5 rings (SSSR count). The first-order valence-corrected chi connectivity index (χ1v) is 13.4. The molecule has 1 fully saturated rings. The molecule has 1 N–H and O–H groups in total. The van der Waals surface area contributed by atoms with Crippen molar-refractivity contribution in [3.8, 4) is 23.0 Å². The lowest BCUT2D eigenvalue weighted by Crippen LogP contribution is -2.41. The third-order valence-corrected chi connectivity index (χ3v) is 7.60. The van der Waals surface area contributed by atoms with Crippen LogP contribution in [0.4, 0.5) is 0 Å². The number of carbonyl (C=O) groups excluding carboxylic acids is 1. The van der Waals surface area contributed by atoms with Gasteiger partial charge in [-0.15, -0.1) is 21.5 Å². The van der Waals surface area contributed by atoms with E-state index < -0.39 is 0 Å². The first-order chi connectivity index (χ1) is 17.7. The Labute approximate surface area is 216 Å². The molecule has 4 heterocycles. The van der Waals surface area contributed by atoms with E-state index in [0.29, 0.717) is 40.5 Å². The van der Waals surface area contributed by atoms with Crippen molar-refractivity contribution in [3.63, 3.8) is 0 Å². The average Bonchev–Trinajstić information content (AvgIpc) is 3.69. The van der Waals surface area contributed by atoms with Gasteiger partial charge in [-0.3, -0.25) is 14.3 Å². The first kappa shape index (κ1) is 24.5. The minimum atomic E-state index is -0.159. The Kier molecular flexibility index (Phi) is 7.96. The van der Waals surface area contributed by atoms with E-state index >= 15 is 0 Å². The lowest BCUT2D eigenvalue weighted by atomic mass is 10.3. The number of carbonyl (C=O) groups is 1. The molecule has 4 aromatic rings.